The molecule has 7 heteroatoms. The number of carbonyl (C=O) groups excluding carboxylic acids is 1. The van der Waals surface area contributed by atoms with Crippen LogP contribution < -0.4 is 15.0 Å². The molecule has 1 aromatic rings. The van der Waals surface area contributed by atoms with Gasteiger partial charge in [0.15, 0.2) is 11.6 Å². The fourth-order valence-electron chi connectivity index (χ4n) is 1.88. The molecule has 0 aliphatic carbocycles. The molecule has 0 aromatic carbocycles. The van der Waals surface area contributed by atoms with E-state index in [9.17, 15) is 4.79 Å². The third-order valence-electron chi connectivity index (χ3n) is 2.79. The molecule has 2 heterocycles. The highest BCUT2D eigenvalue weighted by atomic mass is 32.1. The number of anilines is 1. The van der Waals surface area contributed by atoms with Crippen molar-refractivity contribution in [2.24, 2.45) is 0 Å². The number of ether oxygens (including phenoxy) is 2. The van der Waals surface area contributed by atoms with Gasteiger partial charge in [-0.3, -0.25) is 0 Å². The van der Waals surface area contributed by atoms with E-state index >= 15 is 0 Å². The number of nitrogens with zero attached hydrogens (tertiary/aromatic N) is 2. The van der Waals surface area contributed by atoms with Crippen molar-refractivity contribution in [3.63, 3.8) is 0 Å². The van der Waals surface area contributed by atoms with Crippen molar-refractivity contribution in [3.8, 4) is 5.75 Å². The minimum Gasteiger partial charge on any atom is -0.487 e. The Labute approximate surface area is 129 Å². The standard InChI is InChI=1S/C14H19N3O3S/c1-14(2,3)20-13(18)16-9-8-19-10-6-5-7-15-11(10)17(4)12(9)21/h5-7,9H,8H2,1-4H3,(H,16,18)/t9-/m0/s1. The number of fused-ring (bicyclic) bond motifs is 1. The second-order valence-electron chi connectivity index (χ2n) is 5.73. The Morgan fingerprint density at radius 3 is 2.95 bits per heavy atom. The van der Waals surface area contributed by atoms with Gasteiger partial charge in [-0.1, -0.05) is 12.2 Å². The van der Waals surface area contributed by atoms with Gasteiger partial charge in [-0.05, 0) is 32.9 Å². The highest BCUT2D eigenvalue weighted by Crippen LogP contribution is 2.27. The molecule has 0 radical (unpaired) electrons. The highest BCUT2D eigenvalue weighted by Gasteiger charge is 2.29. The first-order valence-electron chi connectivity index (χ1n) is 6.63. The lowest BCUT2D eigenvalue weighted by molar-refractivity contribution is 0.0508. The molecule has 1 aromatic heterocycles. The summed E-state index contributed by atoms with van der Waals surface area (Å²) in [5.41, 5.74) is -0.562. The fraction of sp³-hybridized carbons (Fsp3) is 0.500. The van der Waals surface area contributed by atoms with E-state index < -0.39 is 17.7 Å². The van der Waals surface area contributed by atoms with Gasteiger partial charge in [-0.25, -0.2) is 9.78 Å². The predicted octanol–water partition coefficient (Wildman–Crippen LogP) is 2.13. The van der Waals surface area contributed by atoms with Gasteiger partial charge in [0, 0.05) is 13.2 Å². The summed E-state index contributed by atoms with van der Waals surface area (Å²) < 4.78 is 10.9. The van der Waals surface area contributed by atoms with Crippen molar-refractivity contribution in [2.75, 3.05) is 18.6 Å². The Kier molecular flexibility index (Phi) is 4.32. The van der Waals surface area contributed by atoms with Crippen LogP contribution in [0.5, 0.6) is 5.75 Å². The zero-order valence-electron chi connectivity index (χ0n) is 12.5. The van der Waals surface area contributed by atoms with Crippen molar-refractivity contribution in [1.82, 2.24) is 10.3 Å². The molecule has 6 nitrogen and oxygen atoms in total. The number of nitrogens with one attached hydrogen (secondary N) is 1. The number of alkyl carbamates (subject to hydrolysis) is 1. The van der Waals surface area contributed by atoms with Crippen molar-refractivity contribution >= 4 is 29.1 Å². The Bertz CT molecular complexity index is 557. The quantitative estimate of drug-likeness (QED) is 0.802. The molecular weight excluding hydrogens is 290 g/mol. The minimum atomic E-state index is -0.562. The Morgan fingerprint density at radius 1 is 1.57 bits per heavy atom. The third kappa shape index (κ3) is 3.81. The van der Waals surface area contributed by atoms with E-state index in [1.54, 1.807) is 45.0 Å². The molecule has 114 valence electrons. The number of amides is 1. The molecule has 0 saturated carbocycles. The second-order valence-corrected chi connectivity index (χ2v) is 6.15. The van der Waals surface area contributed by atoms with Gasteiger partial charge >= 0.3 is 6.09 Å². The molecule has 0 bridgehead atoms. The molecule has 0 saturated heterocycles. The van der Waals surface area contributed by atoms with E-state index in [1.807, 2.05) is 6.07 Å². The number of rotatable bonds is 1. The number of hydrogen-bond acceptors (Lipinski definition) is 5. The Morgan fingerprint density at radius 2 is 2.29 bits per heavy atom. The molecule has 1 atom stereocenters. The Hall–Kier alpha value is -1.89. The molecule has 1 aliphatic heterocycles. The average molecular weight is 309 g/mol. The van der Waals surface area contributed by atoms with Crippen LogP contribution >= 0.6 is 12.2 Å². The number of thiocarbonyl (C=S) groups is 1. The van der Waals surface area contributed by atoms with Gasteiger partial charge in [-0.15, -0.1) is 0 Å². The summed E-state index contributed by atoms with van der Waals surface area (Å²) in [5.74, 6) is 1.27. The first-order valence-corrected chi connectivity index (χ1v) is 7.03. The van der Waals surface area contributed by atoms with E-state index in [0.29, 0.717) is 16.6 Å². The lowest BCUT2D eigenvalue weighted by atomic mass is 10.2. The molecule has 2 rings (SSSR count). The molecule has 1 N–H and O–H groups in total. The number of likely N-dealkylation sites (N-methyl/N-ethyl adjacent to an activating group) is 1. The van der Waals surface area contributed by atoms with Gasteiger partial charge < -0.3 is 19.7 Å². The minimum absolute atomic E-state index is 0.237. The summed E-state index contributed by atoms with van der Waals surface area (Å²) >= 11 is 5.41. The summed E-state index contributed by atoms with van der Waals surface area (Å²) in [7, 11) is 1.80. The maximum absolute atomic E-state index is 11.9. The average Bonchev–Trinajstić information content (AvgIpc) is 2.50. The van der Waals surface area contributed by atoms with Crippen LogP contribution in [0.4, 0.5) is 10.6 Å². The first kappa shape index (κ1) is 15.5. The van der Waals surface area contributed by atoms with Gasteiger partial charge in [0.05, 0.1) is 0 Å². The van der Waals surface area contributed by atoms with Gasteiger partial charge in [0.25, 0.3) is 0 Å². The summed E-state index contributed by atoms with van der Waals surface area (Å²) in [6.45, 7) is 5.66. The molecule has 21 heavy (non-hydrogen) atoms. The fourth-order valence-corrected chi connectivity index (χ4v) is 2.10. The monoisotopic (exact) mass is 309 g/mol. The summed E-state index contributed by atoms with van der Waals surface area (Å²) in [6, 6.07) is 3.16. The lowest BCUT2D eigenvalue weighted by Crippen LogP contribution is -2.49. The van der Waals surface area contributed by atoms with Crippen LogP contribution in [0.1, 0.15) is 20.8 Å². The van der Waals surface area contributed by atoms with Crippen molar-refractivity contribution < 1.29 is 14.3 Å². The molecule has 1 amide bonds. The van der Waals surface area contributed by atoms with E-state index in [0.717, 1.165) is 0 Å². The molecule has 0 unspecified atom stereocenters. The maximum atomic E-state index is 11.9. The topological polar surface area (TPSA) is 63.7 Å². The molecule has 0 fully saturated rings. The number of aromatic nitrogens is 1. The molecule has 1 aliphatic rings. The van der Waals surface area contributed by atoms with Gasteiger partial charge in [0.1, 0.15) is 23.2 Å². The Balaban J connectivity index is 2.11. The summed E-state index contributed by atoms with van der Waals surface area (Å²) in [5, 5.41) is 2.73. The summed E-state index contributed by atoms with van der Waals surface area (Å²) in [4.78, 5) is 18.4. The van der Waals surface area contributed by atoms with Crippen molar-refractivity contribution in [2.45, 2.75) is 32.4 Å². The normalized spacial score (nSPS) is 18.4. The molecule has 0 spiro atoms. The van der Waals surface area contributed by atoms with Crippen molar-refractivity contribution in [1.29, 1.82) is 0 Å². The summed E-state index contributed by atoms with van der Waals surface area (Å²) in [6.07, 6.45) is 1.15. The van der Waals surface area contributed by atoms with Crippen LogP contribution in [-0.2, 0) is 4.74 Å². The third-order valence-corrected chi connectivity index (χ3v) is 3.35. The van der Waals surface area contributed by atoms with Crippen LogP contribution in [0, 0.1) is 0 Å². The SMILES string of the molecule is CN1C(=S)[C@@H](NC(=O)OC(C)(C)C)COc2cccnc21. The molecular formula is C14H19N3O3S. The van der Waals surface area contributed by atoms with E-state index in [4.69, 9.17) is 21.7 Å². The highest BCUT2D eigenvalue weighted by molar-refractivity contribution is 7.80. The number of carbonyl (C=O) groups is 1. The first-order chi connectivity index (χ1) is 9.78. The zero-order valence-corrected chi connectivity index (χ0v) is 13.4. The van der Waals surface area contributed by atoms with Crippen LogP contribution in [-0.4, -0.2) is 41.4 Å². The van der Waals surface area contributed by atoms with E-state index in [1.165, 1.54) is 0 Å². The van der Waals surface area contributed by atoms with Crippen LogP contribution in [0.25, 0.3) is 0 Å². The van der Waals surface area contributed by atoms with Gasteiger partial charge in [-0.2, -0.15) is 0 Å². The number of pyridine rings is 1. The van der Waals surface area contributed by atoms with Crippen LogP contribution in [0.3, 0.4) is 0 Å². The lowest BCUT2D eigenvalue weighted by Gasteiger charge is -2.25. The largest absolute Gasteiger partial charge is 0.487 e. The smallest absolute Gasteiger partial charge is 0.408 e. The van der Waals surface area contributed by atoms with Crippen LogP contribution in [0.2, 0.25) is 0 Å². The second kappa shape index (κ2) is 5.85. The van der Waals surface area contributed by atoms with Gasteiger partial charge in [0.2, 0.25) is 0 Å². The van der Waals surface area contributed by atoms with E-state index in [2.05, 4.69) is 10.3 Å². The van der Waals surface area contributed by atoms with E-state index in [-0.39, 0.29) is 6.61 Å². The maximum Gasteiger partial charge on any atom is 0.408 e. The van der Waals surface area contributed by atoms with Crippen LogP contribution in [0.15, 0.2) is 18.3 Å². The predicted molar refractivity (Wildman–Crippen MR) is 83.9 cm³/mol. The zero-order chi connectivity index (χ0) is 15.6. The number of hydrogen-bond donors (Lipinski definition) is 1. The van der Waals surface area contributed by atoms with Crippen molar-refractivity contribution in [3.05, 3.63) is 18.3 Å².